The highest BCUT2D eigenvalue weighted by molar-refractivity contribution is 5.97. The summed E-state index contributed by atoms with van der Waals surface area (Å²) in [7, 11) is 0. The molecule has 0 unspecified atom stereocenters. The van der Waals surface area contributed by atoms with Crippen molar-refractivity contribution in [2.75, 3.05) is 11.9 Å². The van der Waals surface area contributed by atoms with Gasteiger partial charge in [-0.3, -0.25) is 4.79 Å². The number of phenols is 1. The number of nitrogens with one attached hydrogen (secondary N) is 3. The molecule has 152 valence electrons. The molecule has 0 radical (unpaired) electrons. The molecule has 0 aliphatic carbocycles. The topological polar surface area (TPSA) is 99.7 Å². The molecule has 1 heterocycles. The Balaban J connectivity index is 1.93. The molecule has 2 aromatic carbocycles. The second-order valence-electron chi connectivity index (χ2n) is 7.10. The van der Waals surface area contributed by atoms with Gasteiger partial charge in [0.1, 0.15) is 5.92 Å². The first-order valence-corrected chi connectivity index (χ1v) is 9.39. The zero-order chi connectivity index (χ0) is 21.1. The predicted molar refractivity (Wildman–Crippen MR) is 111 cm³/mol. The molecule has 7 heteroatoms. The molecule has 0 spiro atoms. The van der Waals surface area contributed by atoms with Gasteiger partial charge < -0.3 is 25.8 Å². The van der Waals surface area contributed by atoms with E-state index < -0.39 is 18.0 Å². The minimum absolute atomic E-state index is 0.00840. The van der Waals surface area contributed by atoms with Crippen LogP contribution in [-0.2, 0) is 4.79 Å². The molecule has 1 aliphatic heterocycles. The third-order valence-corrected chi connectivity index (χ3v) is 4.68. The largest absolute Gasteiger partial charge is 0.504 e. The van der Waals surface area contributed by atoms with Gasteiger partial charge in [0.15, 0.2) is 11.5 Å². The highest BCUT2D eigenvalue weighted by Gasteiger charge is 2.38. The van der Waals surface area contributed by atoms with E-state index in [4.69, 9.17) is 4.74 Å². The average molecular weight is 395 g/mol. The van der Waals surface area contributed by atoms with E-state index in [0.29, 0.717) is 23.6 Å². The van der Waals surface area contributed by atoms with Gasteiger partial charge in [-0.1, -0.05) is 18.7 Å². The molecule has 0 aromatic heterocycles. The molecule has 7 nitrogen and oxygen atoms in total. The summed E-state index contributed by atoms with van der Waals surface area (Å²) >= 11 is 0. The Morgan fingerprint density at radius 2 is 1.90 bits per heavy atom. The second-order valence-corrected chi connectivity index (χ2v) is 7.10. The van der Waals surface area contributed by atoms with E-state index in [1.807, 2.05) is 32.0 Å². The molecule has 3 amide bonds. The van der Waals surface area contributed by atoms with E-state index in [1.165, 1.54) is 6.07 Å². The van der Waals surface area contributed by atoms with Crippen LogP contribution in [0.1, 0.15) is 29.7 Å². The smallest absolute Gasteiger partial charge is 0.319 e. The number of ether oxygens (including phenoxy) is 1. The Morgan fingerprint density at radius 3 is 2.55 bits per heavy atom. The van der Waals surface area contributed by atoms with Crippen molar-refractivity contribution in [3.8, 4) is 11.5 Å². The Bertz CT molecular complexity index is 950. The van der Waals surface area contributed by atoms with Crippen LogP contribution in [0.5, 0.6) is 11.5 Å². The SMILES string of the molecule is C=C1NC(=O)N[C@@H](c2ccc(O)c(OCC)c2)[C@@H]1C(=O)Nc1cc(C)cc(C)c1. The second kappa shape index (κ2) is 8.26. The van der Waals surface area contributed by atoms with Gasteiger partial charge in [0.25, 0.3) is 0 Å². The van der Waals surface area contributed by atoms with Crippen molar-refractivity contribution in [1.29, 1.82) is 0 Å². The monoisotopic (exact) mass is 395 g/mol. The molecule has 1 aliphatic rings. The van der Waals surface area contributed by atoms with Gasteiger partial charge in [-0.2, -0.15) is 0 Å². The summed E-state index contributed by atoms with van der Waals surface area (Å²) in [6.45, 7) is 9.98. The quantitative estimate of drug-likeness (QED) is 0.622. The van der Waals surface area contributed by atoms with Gasteiger partial charge in [-0.15, -0.1) is 0 Å². The highest BCUT2D eigenvalue weighted by atomic mass is 16.5. The van der Waals surface area contributed by atoms with Crippen molar-refractivity contribution in [3.63, 3.8) is 0 Å². The maximum atomic E-state index is 13.1. The third kappa shape index (κ3) is 4.51. The van der Waals surface area contributed by atoms with Crippen molar-refractivity contribution in [2.45, 2.75) is 26.8 Å². The van der Waals surface area contributed by atoms with Crippen LogP contribution >= 0.6 is 0 Å². The van der Waals surface area contributed by atoms with Crippen molar-refractivity contribution >= 4 is 17.6 Å². The normalized spacial score (nSPS) is 18.6. The molecule has 0 saturated carbocycles. The highest BCUT2D eigenvalue weighted by Crippen LogP contribution is 2.35. The molecular formula is C22H25N3O4. The van der Waals surface area contributed by atoms with Crippen LogP contribution in [0.25, 0.3) is 0 Å². The lowest BCUT2D eigenvalue weighted by atomic mass is 9.88. The summed E-state index contributed by atoms with van der Waals surface area (Å²) in [5.41, 5.74) is 3.67. The number of carbonyl (C=O) groups excluding carboxylic acids is 2. The fourth-order valence-electron chi connectivity index (χ4n) is 3.53. The molecule has 1 saturated heterocycles. The Labute approximate surface area is 169 Å². The maximum absolute atomic E-state index is 13.1. The minimum Gasteiger partial charge on any atom is -0.504 e. The molecule has 1 fully saturated rings. The molecule has 2 aromatic rings. The van der Waals surface area contributed by atoms with Gasteiger partial charge in [0.2, 0.25) is 5.91 Å². The number of anilines is 1. The number of aryl methyl sites for hydroxylation is 2. The van der Waals surface area contributed by atoms with E-state index in [0.717, 1.165) is 11.1 Å². The Hall–Kier alpha value is -3.48. The molecule has 2 atom stereocenters. The number of hydrogen-bond acceptors (Lipinski definition) is 4. The van der Waals surface area contributed by atoms with Crippen LogP contribution in [0, 0.1) is 19.8 Å². The van der Waals surface area contributed by atoms with Crippen molar-refractivity contribution in [3.05, 3.63) is 65.4 Å². The zero-order valence-corrected chi connectivity index (χ0v) is 16.7. The van der Waals surface area contributed by atoms with Gasteiger partial charge >= 0.3 is 6.03 Å². The van der Waals surface area contributed by atoms with Crippen LogP contribution in [0.4, 0.5) is 10.5 Å². The number of carbonyl (C=O) groups is 2. The number of hydrogen-bond donors (Lipinski definition) is 4. The van der Waals surface area contributed by atoms with E-state index in [-0.39, 0.29) is 17.4 Å². The fourth-order valence-corrected chi connectivity index (χ4v) is 3.53. The van der Waals surface area contributed by atoms with Crippen molar-refractivity contribution < 1.29 is 19.4 Å². The first-order valence-electron chi connectivity index (χ1n) is 9.39. The van der Waals surface area contributed by atoms with Crippen LogP contribution in [0.2, 0.25) is 0 Å². The van der Waals surface area contributed by atoms with Crippen LogP contribution in [0.3, 0.4) is 0 Å². The fraction of sp³-hybridized carbons (Fsp3) is 0.273. The van der Waals surface area contributed by atoms with E-state index in [2.05, 4.69) is 22.5 Å². The van der Waals surface area contributed by atoms with E-state index in [9.17, 15) is 14.7 Å². The summed E-state index contributed by atoms with van der Waals surface area (Å²) < 4.78 is 5.44. The zero-order valence-electron chi connectivity index (χ0n) is 16.7. The molecule has 0 bridgehead atoms. The molecule has 3 rings (SSSR count). The number of aromatic hydroxyl groups is 1. The summed E-state index contributed by atoms with van der Waals surface area (Å²) in [5.74, 6) is -0.779. The first kappa shape index (κ1) is 20.3. The van der Waals surface area contributed by atoms with Gasteiger partial charge in [0, 0.05) is 11.4 Å². The molecular weight excluding hydrogens is 370 g/mol. The summed E-state index contributed by atoms with van der Waals surface area (Å²) in [5, 5.41) is 18.3. The third-order valence-electron chi connectivity index (χ3n) is 4.68. The number of phenolic OH excluding ortho intramolecular Hbond substituents is 1. The van der Waals surface area contributed by atoms with Gasteiger partial charge in [-0.05, 0) is 61.7 Å². The Kier molecular flexibility index (Phi) is 5.77. The number of amides is 3. The lowest BCUT2D eigenvalue weighted by molar-refractivity contribution is -0.119. The predicted octanol–water partition coefficient (Wildman–Crippen LogP) is 3.53. The standard InChI is InChI=1S/C22H25N3O4/c1-5-29-18-11-15(6-7-17(18)26)20-19(14(4)23-22(28)25-20)21(27)24-16-9-12(2)8-13(3)10-16/h6-11,19-20,26H,4-5H2,1-3H3,(H,24,27)(H2,23,25,28)/t19-,20+/m1/s1. The molecule has 29 heavy (non-hydrogen) atoms. The van der Waals surface area contributed by atoms with Crippen molar-refractivity contribution in [1.82, 2.24) is 10.6 Å². The lowest BCUT2D eigenvalue weighted by Crippen LogP contribution is -2.51. The Morgan fingerprint density at radius 1 is 1.21 bits per heavy atom. The number of benzene rings is 2. The van der Waals surface area contributed by atoms with E-state index >= 15 is 0 Å². The van der Waals surface area contributed by atoms with Gasteiger partial charge in [-0.25, -0.2) is 4.79 Å². The number of rotatable bonds is 5. The van der Waals surface area contributed by atoms with Crippen LogP contribution in [0.15, 0.2) is 48.7 Å². The lowest BCUT2D eigenvalue weighted by Gasteiger charge is -2.34. The summed E-state index contributed by atoms with van der Waals surface area (Å²) in [6, 6.07) is 9.43. The minimum atomic E-state index is -0.757. The van der Waals surface area contributed by atoms with Crippen molar-refractivity contribution in [2.24, 2.45) is 5.92 Å². The summed E-state index contributed by atoms with van der Waals surface area (Å²) in [4.78, 5) is 25.2. The molecule has 4 N–H and O–H groups in total. The van der Waals surface area contributed by atoms with Crippen LogP contribution in [-0.4, -0.2) is 23.7 Å². The number of urea groups is 1. The first-order chi connectivity index (χ1) is 13.8. The van der Waals surface area contributed by atoms with E-state index in [1.54, 1.807) is 19.1 Å². The maximum Gasteiger partial charge on any atom is 0.319 e. The summed E-state index contributed by atoms with van der Waals surface area (Å²) in [6.07, 6.45) is 0. The average Bonchev–Trinajstić information content (AvgIpc) is 2.62. The van der Waals surface area contributed by atoms with Crippen LogP contribution < -0.4 is 20.7 Å². The van der Waals surface area contributed by atoms with Gasteiger partial charge in [0.05, 0.1) is 12.6 Å².